The van der Waals surface area contributed by atoms with Crippen molar-refractivity contribution in [1.29, 1.82) is 0 Å². The zero-order valence-electron chi connectivity index (χ0n) is 21.5. The Bertz CT molecular complexity index is 426. The molecule has 1 atom stereocenters. The Morgan fingerprint density at radius 1 is 0.688 bits per heavy atom. The zero-order valence-corrected chi connectivity index (χ0v) is 21.5. The largest absolute Gasteiger partial charge is 0.469 e. The number of carbonyl (C=O) groups excluding carboxylic acids is 2. The first-order valence-corrected chi connectivity index (χ1v) is 12.6. The van der Waals surface area contributed by atoms with Crippen LogP contribution in [0.1, 0.15) is 111 Å². The maximum absolute atomic E-state index is 11.1. The molecule has 0 bridgehead atoms. The molecule has 0 spiro atoms. The van der Waals surface area contributed by atoms with E-state index in [4.69, 9.17) is 9.47 Å². The quantitative estimate of drug-likeness (QED) is 0.150. The van der Waals surface area contributed by atoms with Gasteiger partial charge in [-0.05, 0) is 43.9 Å². The van der Waals surface area contributed by atoms with E-state index < -0.39 is 0 Å². The van der Waals surface area contributed by atoms with Gasteiger partial charge >= 0.3 is 11.9 Å². The second kappa shape index (κ2) is 20.5. The molecule has 0 aliphatic carbocycles. The van der Waals surface area contributed by atoms with Gasteiger partial charge in [-0.3, -0.25) is 9.59 Å². The number of methoxy groups -OCH3 is 2. The average molecular weight is 459 g/mol. The molecule has 0 saturated heterocycles. The molecule has 0 amide bonds. The van der Waals surface area contributed by atoms with Crippen molar-refractivity contribution < 1.29 is 28.5 Å². The van der Waals surface area contributed by atoms with Gasteiger partial charge in [0.05, 0.1) is 26.9 Å². The Kier molecular flexibility index (Phi) is 19.7. The standard InChI is InChI=1S/C26H50O6/c1-26(2,3)19-15-16-23(22-31-20-13-10-8-12-18-25(28)30-5)32-21-14-9-6-7-11-17-24(27)29-4/h23H,6-22H2,1-5H3. The number of rotatable bonds is 21. The molecule has 0 fully saturated rings. The maximum Gasteiger partial charge on any atom is 0.305 e. The van der Waals surface area contributed by atoms with Crippen molar-refractivity contribution in [3.05, 3.63) is 0 Å². The molecule has 0 saturated carbocycles. The Hall–Kier alpha value is -1.14. The topological polar surface area (TPSA) is 71.1 Å². The molecule has 0 aliphatic heterocycles. The lowest BCUT2D eigenvalue weighted by Crippen LogP contribution is -2.22. The van der Waals surface area contributed by atoms with Gasteiger partial charge in [0.15, 0.2) is 0 Å². The van der Waals surface area contributed by atoms with Gasteiger partial charge in [0.25, 0.3) is 0 Å². The molecular weight excluding hydrogens is 408 g/mol. The first-order chi connectivity index (χ1) is 15.3. The van der Waals surface area contributed by atoms with Gasteiger partial charge in [-0.25, -0.2) is 0 Å². The summed E-state index contributed by atoms with van der Waals surface area (Å²) in [6, 6.07) is 0. The van der Waals surface area contributed by atoms with Crippen LogP contribution in [-0.2, 0) is 28.5 Å². The van der Waals surface area contributed by atoms with E-state index in [1.807, 2.05) is 0 Å². The predicted octanol–water partition coefficient (Wildman–Crippen LogP) is 6.24. The SMILES string of the molecule is COC(=O)CCCCCCCOC(CCCC(C)(C)C)COCCCCCCC(=O)OC. The summed E-state index contributed by atoms with van der Waals surface area (Å²) in [6.07, 6.45) is 13.8. The molecule has 0 radical (unpaired) electrons. The van der Waals surface area contributed by atoms with Gasteiger partial charge in [0.2, 0.25) is 0 Å². The van der Waals surface area contributed by atoms with Crippen LogP contribution < -0.4 is 0 Å². The van der Waals surface area contributed by atoms with E-state index in [0.717, 1.165) is 83.8 Å². The highest BCUT2D eigenvalue weighted by Gasteiger charge is 2.14. The molecule has 190 valence electrons. The fraction of sp³-hybridized carbons (Fsp3) is 0.923. The van der Waals surface area contributed by atoms with Crippen molar-refractivity contribution in [2.75, 3.05) is 34.0 Å². The van der Waals surface area contributed by atoms with Crippen molar-refractivity contribution >= 4 is 11.9 Å². The summed E-state index contributed by atoms with van der Waals surface area (Å²) in [6.45, 7) is 9.01. The number of unbranched alkanes of at least 4 members (excludes halogenated alkanes) is 7. The highest BCUT2D eigenvalue weighted by Crippen LogP contribution is 2.23. The Balaban J connectivity index is 3.92. The van der Waals surface area contributed by atoms with Crippen LogP contribution in [0, 0.1) is 5.41 Å². The molecule has 6 nitrogen and oxygen atoms in total. The number of hydrogen-bond donors (Lipinski definition) is 0. The second-order valence-electron chi connectivity index (χ2n) is 9.85. The molecule has 6 heteroatoms. The van der Waals surface area contributed by atoms with Gasteiger partial charge in [-0.1, -0.05) is 59.3 Å². The lowest BCUT2D eigenvalue weighted by Gasteiger charge is -2.22. The van der Waals surface area contributed by atoms with Crippen LogP contribution in [0.2, 0.25) is 0 Å². The number of carbonyl (C=O) groups is 2. The summed E-state index contributed by atoms with van der Waals surface area (Å²) in [4.78, 5) is 22.2. The third-order valence-electron chi connectivity index (χ3n) is 5.51. The minimum absolute atomic E-state index is 0.118. The third kappa shape index (κ3) is 22.1. The fourth-order valence-electron chi connectivity index (χ4n) is 3.47. The van der Waals surface area contributed by atoms with E-state index in [0.29, 0.717) is 24.9 Å². The molecule has 0 rings (SSSR count). The Morgan fingerprint density at radius 2 is 1.19 bits per heavy atom. The minimum atomic E-state index is -0.127. The molecule has 0 aromatic carbocycles. The number of hydrogen-bond acceptors (Lipinski definition) is 6. The van der Waals surface area contributed by atoms with Crippen LogP contribution in [0.4, 0.5) is 0 Å². The van der Waals surface area contributed by atoms with Crippen LogP contribution in [0.25, 0.3) is 0 Å². The van der Waals surface area contributed by atoms with Crippen molar-refractivity contribution in [2.24, 2.45) is 5.41 Å². The summed E-state index contributed by atoms with van der Waals surface area (Å²) >= 11 is 0. The van der Waals surface area contributed by atoms with E-state index in [1.165, 1.54) is 20.6 Å². The second-order valence-corrected chi connectivity index (χ2v) is 9.85. The fourth-order valence-corrected chi connectivity index (χ4v) is 3.47. The van der Waals surface area contributed by atoms with Crippen molar-refractivity contribution in [3.63, 3.8) is 0 Å². The molecule has 0 heterocycles. The number of esters is 2. The van der Waals surface area contributed by atoms with Gasteiger partial charge in [0.1, 0.15) is 0 Å². The lowest BCUT2D eigenvalue weighted by atomic mass is 9.89. The zero-order chi connectivity index (χ0) is 24.1. The van der Waals surface area contributed by atoms with Gasteiger partial charge in [-0.15, -0.1) is 0 Å². The van der Waals surface area contributed by atoms with Gasteiger partial charge in [0, 0.05) is 26.1 Å². The van der Waals surface area contributed by atoms with Gasteiger partial charge in [-0.2, -0.15) is 0 Å². The predicted molar refractivity (Wildman–Crippen MR) is 129 cm³/mol. The van der Waals surface area contributed by atoms with Crippen LogP contribution in [0.15, 0.2) is 0 Å². The average Bonchev–Trinajstić information content (AvgIpc) is 2.75. The molecule has 0 N–H and O–H groups in total. The van der Waals surface area contributed by atoms with Crippen LogP contribution >= 0.6 is 0 Å². The Labute approximate surface area is 197 Å². The molecule has 1 unspecified atom stereocenters. The van der Waals surface area contributed by atoms with E-state index in [-0.39, 0.29) is 18.0 Å². The summed E-state index contributed by atoms with van der Waals surface area (Å²) in [5, 5.41) is 0. The first-order valence-electron chi connectivity index (χ1n) is 12.6. The summed E-state index contributed by atoms with van der Waals surface area (Å²) < 4.78 is 21.4. The number of ether oxygens (including phenoxy) is 4. The van der Waals surface area contributed by atoms with Crippen molar-refractivity contribution in [3.8, 4) is 0 Å². The monoisotopic (exact) mass is 458 g/mol. The van der Waals surface area contributed by atoms with Crippen molar-refractivity contribution in [2.45, 2.75) is 117 Å². The normalized spacial score (nSPS) is 12.5. The van der Waals surface area contributed by atoms with Crippen LogP contribution in [0.3, 0.4) is 0 Å². The molecule has 0 aliphatic rings. The van der Waals surface area contributed by atoms with Gasteiger partial charge < -0.3 is 18.9 Å². The molecular formula is C26H50O6. The van der Waals surface area contributed by atoms with E-state index in [1.54, 1.807) is 0 Å². The van der Waals surface area contributed by atoms with Crippen LogP contribution in [0.5, 0.6) is 0 Å². The summed E-state index contributed by atoms with van der Waals surface area (Å²) in [5.41, 5.74) is 0.347. The highest BCUT2D eigenvalue weighted by molar-refractivity contribution is 5.69. The Morgan fingerprint density at radius 3 is 1.72 bits per heavy atom. The summed E-state index contributed by atoms with van der Waals surface area (Å²) in [7, 11) is 2.87. The lowest BCUT2D eigenvalue weighted by molar-refractivity contribution is -0.141. The minimum Gasteiger partial charge on any atom is -0.469 e. The van der Waals surface area contributed by atoms with E-state index in [2.05, 4.69) is 30.2 Å². The summed E-state index contributed by atoms with van der Waals surface area (Å²) in [5.74, 6) is -0.245. The molecule has 0 aromatic rings. The van der Waals surface area contributed by atoms with E-state index >= 15 is 0 Å². The smallest absolute Gasteiger partial charge is 0.305 e. The third-order valence-corrected chi connectivity index (χ3v) is 5.51. The van der Waals surface area contributed by atoms with E-state index in [9.17, 15) is 9.59 Å². The molecule has 0 aromatic heterocycles. The highest BCUT2D eigenvalue weighted by atomic mass is 16.5. The first kappa shape index (κ1) is 30.9. The molecule has 32 heavy (non-hydrogen) atoms. The maximum atomic E-state index is 11.1. The van der Waals surface area contributed by atoms with Crippen molar-refractivity contribution in [1.82, 2.24) is 0 Å². The van der Waals surface area contributed by atoms with Crippen LogP contribution in [-0.4, -0.2) is 52.1 Å².